The molecule has 0 spiro atoms. The summed E-state index contributed by atoms with van der Waals surface area (Å²) in [5.74, 6) is 0.214. The largest absolute Gasteiger partial charge is 0.461 e. The highest BCUT2D eigenvalue weighted by molar-refractivity contribution is 7.17. The highest BCUT2D eigenvalue weighted by atomic mass is 32.1. The molecule has 1 aromatic carbocycles. The number of aryl methyl sites for hydroxylation is 1. The number of benzene rings is 1. The number of aromatic nitrogens is 2. The van der Waals surface area contributed by atoms with Crippen molar-refractivity contribution in [2.24, 2.45) is 5.92 Å². The molecule has 6 heteroatoms. The lowest BCUT2D eigenvalue weighted by Gasteiger charge is -2.26. The summed E-state index contributed by atoms with van der Waals surface area (Å²) in [4.78, 5) is 30.6. The Balaban J connectivity index is 1.58. The smallest absolute Gasteiger partial charge is 0.326 e. The maximum Gasteiger partial charge on any atom is 0.326 e. The van der Waals surface area contributed by atoms with Gasteiger partial charge in [0.05, 0.1) is 11.7 Å². The number of carbonyl (C=O) groups excluding carboxylic acids is 1. The Morgan fingerprint density at radius 2 is 2.07 bits per heavy atom. The van der Waals surface area contributed by atoms with Crippen LogP contribution in [0.2, 0.25) is 0 Å². The van der Waals surface area contributed by atoms with Gasteiger partial charge in [-0.25, -0.2) is 4.98 Å². The summed E-state index contributed by atoms with van der Waals surface area (Å²) in [6, 6.07) is 8.23. The predicted molar refractivity (Wildman–Crippen MR) is 116 cm³/mol. The predicted octanol–water partition coefficient (Wildman–Crippen LogP) is 4.81. The van der Waals surface area contributed by atoms with Crippen LogP contribution in [-0.2, 0) is 22.5 Å². The number of rotatable bonds is 5. The van der Waals surface area contributed by atoms with E-state index in [4.69, 9.17) is 4.74 Å². The molecule has 3 aromatic rings. The van der Waals surface area contributed by atoms with E-state index in [1.807, 2.05) is 17.5 Å². The summed E-state index contributed by atoms with van der Waals surface area (Å²) >= 11 is 1.45. The van der Waals surface area contributed by atoms with Crippen LogP contribution in [0, 0.1) is 5.92 Å². The summed E-state index contributed by atoms with van der Waals surface area (Å²) < 4.78 is 7.00. The zero-order valence-corrected chi connectivity index (χ0v) is 17.7. The first-order valence-electron chi connectivity index (χ1n) is 10.3. The second-order valence-electron chi connectivity index (χ2n) is 7.94. The van der Waals surface area contributed by atoms with Gasteiger partial charge in [-0.3, -0.25) is 14.2 Å². The monoisotopic (exact) mass is 410 g/mol. The number of carbonyl (C=O) groups is 1. The van der Waals surface area contributed by atoms with Crippen molar-refractivity contribution in [3.8, 4) is 11.1 Å². The van der Waals surface area contributed by atoms with Crippen LogP contribution in [0.4, 0.5) is 0 Å². The van der Waals surface area contributed by atoms with Crippen molar-refractivity contribution >= 4 is 27.5 Å². The molecule has 1 fully saturated rings. The average molecular weight is 411 g/mol. The number of fused-ring (bicyclic) bond motifs is 1. The summed E-state index contributed by atoms with van der Waals surface area (Å²) in [6.07, 6.45) is 6.48. The van der Waals surface area contributed by atoms with Gasteiger partial charge in [-0.05, 0) is 42.7 Å². The van der Waals surface area contributed by atoms with Crippen LogP contribution < -0.4 is 5.56 Å². The molecule has 1 aliphatic rings. The first-order valence-corrected chi connectivity index (χ1v) is 11.2. The van der Waals surface area contributed by atoms with E-state index < -0.39 is 0 Å². The van der Waals surface area contributed by atoms with Gasteiger partial charge in [-0.2, -0.15) is 0 Å². The lowest BCUT2D eigenvalue weighted by atomic mass is 9.89. The molecule has 4 rings (SSSR count). The molecule has 2 atom stereocenters. The fourth-order valence-corrected chi connectivity index (χ4v) is 4.97. The van der Waals surface area contributed by atoms with Gasteiger partial charge in [-0.1, -0.05) is 44.5 Å². The van der Waals surface area contributed by atoms with Crippen LogP contribution in [0.3, 0.4) is 0 Å². The second-order valence-corrected chi connectivity index (χ2v) is 8.80. The molecule has 0 amide bonds. The second kappa shape index (κ2) is 8.49. The number of nitrogens with zero attached hydrogens (tertiary/aromatic N) is 2. The minimum atomic E-state index is -0.364. The molecule has 0 bridgehead atoms. The van der Waals surface area contributed by atoms with E-state index in [1.54, 1.807) is 0 Å². The van der Waals surface area contributed by atoms with E-state index in [-0.39, 0.29) is 24.2 Å². The first-order chi connectivity index (χ1) is 14.0. The van der Waals surface area contributed by atoms with E-state index in [0.29, 0.717) is 16.1 Å². The molecule has 2 heterocycles. The summed E-state index contributed by atoms with van der Waals surface area (Å²) in [5, 5.41) is 2.53. The van der Waals surface area contributed by atoms with E-state index in [1.165, 1.54) is 34.2 Å². The number of ether oxygens (including phenoxy) is 1. The molecule has 152 valence electrons. The number of esters is 1. The third-order valence-corrected chi connectivity index (χ3v) is 6.61. The lowest BCUT2D eigenvalue weighted by molar-refractivity contribution is -0.152. The Kier molecular flexibility index (Phi) is 5.81. The van der Waals surface area contributed by atoms with E-state index in [9.17, 15) is 9.59 Å². The number of hydrogen-bond acceptors (Lipinski definition) is 5. The van der Waals surface area contributed by atoms with Gasteiger partial charge in [0.15, 0.2) is 0 Å². The fraction of sp³-hybridized carbons (Fsp3) is 0.435. The van der Waals surface area contributed by atoms with Crippen LogP contribution in [0.25, 0.3) is 21.3 Å². The molecule has 0 aliphatic heterocycles. The van der Waals surface area contributed by atoms with Crippen molar-refractivity contribution < 1.29 is 9.53 Å². The van der Waals surface area contributed by atoms with Crippen molar-refractivity contribution in [3.63, 3.8) is 0 Å². The molecule has 0 unspecified atom stereocenters. The van der Waals surface area contributed by atoms with Gasteiger partial charge in [0.2, 0.25) is 0 Å². The quantitative estimate of drug-likeness (QED) is 0.567. The van der Waals surface area contributed by atoms with Gasteiger partial charge in [0.25, 0.3) is 5.56 Å². The molecule has 1 aliphatic carbocycles. The van der Waals surface area contributed by atoms with Crippen LogP contribution >= 0.6 is 11.3 Å². The van der Waals surface area contributed by atoms with Gasteiger partial charge < -0.3 is 4.74 Å². The molecule has 0 N–H and O–H groups in total. The van der Waals surface area contributed by atoms with E-state index >= 15 is 0 Å². The van der Waals surface area contributed by atoms with Crippen LogP contribution in [0.5, 0.6) is 0 Å². The zero-order chi connectivity index (χ0) is 20.4. The standard InChI is InChI=1S/C23H26N2O3S/c1-3-16-7-9-17(10-8-16)19-13-29-22-21(19)23(27)25(14-24-22)12-20(26)28-18-6-4-5-15(2)11-18/h7-10,13-15,18H,3-6,11-12H2,1-2H3/t15-,18-/m1/s1. The molecule has 1 saturated carbocycles. The van der Waals surface area contributed by atoms with Crippen molar-refractivity contribution in [2.75, 3.05) is 0 Å². The van der Waals surface area contributed by atoms with Crippen molar-refractivity contribution in [1.82, 2.24) is 9.55 Å². The minimum Gasteiger partial charge on any atom is -0.461 e. The van der Waals surface area contributed by atoms with Crippen LogP contribution in [0.15, 0.2) is 40.8 Å². The van der Waals surface area contributed by atoms with E-state index in [0.717, 1.165) is 36.8 Å². The Hall–Kier alpha value is -2.47. The van der Waals surface area contributed by atoms with E-state index in [2.05, 4.69) is 31.0 Å². The number of thiophene rings is 1. The Labute approximate surface area is 174 Å². The van der Waals surface area contributed by atoms with Gasteiger partial charge in [0.1, 0.15) is 17.5 Å². The first kappa shape index (κ1) is 19.8. The lowest BCUT2D eigenvalue weighted by Crippen LogP contribution is -2.30. The Morgan fingerprint density at radius 1 is 1.28 bits per heavy atom. The molecule has 0 radical (unpaired) electrons. The highest BCUT2D eigenvalue weighted by Gasteiger charge is 2.23. The highest BCUT2D eigenvalue weighted by Crippen LogP contribution is 2.31. The molecular weight excluding hydrogens is 384 g/mol. The summed E-state index contributed by atoms with van der Waals surface area (Å²) in [5.41, 5.74) is 2.92. The van der Waals surface area contributed by atoms with Gasteiger partial charge >= 0.3 is 5.97 Å². The molecular formula is C23H26N2O3S. The van der Waals surface area contributed by atoms with Gasteiger partial charge in [-0.15, -0.1) is 11.3 Å². The molecule has 2 aromatic heterocycles. The topological polar surface area (TPSA) is 61.2 Å². The fourth-order valence-electron chi connectivity index (χ4n) is 4.06. The Bertz CT molecular complexity index is 1070. The SMILES string of the molecule is CCc1ccc(-c2csc3ncn(CC(=O)O[C@@H]4CCC[C@@H](C)C4)c(=O)c23)cc1. The normalized spacial score (nSPS) is 19.4. The maximum atomic E-state index is 13.1. The molecule has 5 nitrogen and oxygen atoms in total. The van der Waals surface area contributed by atoms with Crippen molar-refractivity contribution in [2.45, 2.75) is 58.6 Å². The van der Waals surface area contributed by atoms with Crippen molar-refractivity contribution in [1.29, 1.82) is 0 Å². The zero-order valence-electron chi connectivity index (χ0n) is 16.9. The average Bonchev–Trinajstić information content (AvgIpc) is 3.15. The van der Waals surface area contributed by atoms with Crippen LogP contribution in [0.1, 0.15) is 45.1 Å². The number of hydrogen-bond donors (Lipinski definition) is 0. The Morgan fingerprint density at radius 3 is 2.79 bits per heavy atom. The summed E-state index contributed by atoms with van der Waals surface area (Å²) in [6.45, 7) is 4.20. The third-order valence-electron chi connectivity index (χ3n) is 5.72. The third kappa shape index (κ3) is 4.27. The van der Waals surface area contributed by atoms with Crippen LogP contribution in [-0.4, -0.2) is 21.6 Å². The maximum absolute atomic E-state index is 13.1. The minimum absolute atomic E-state index is 0.0348. The molecule has 0 saturated heterocycles. The molecule has 29 heavy (non-hydrogen) atoms. The van der Waals surface area contributed by atoms with Gasteiger partial charge in [0, 0.05) is 10.9 Å². The van der Waals surface area contributed by atoms with Crippen molar-refractivity contribution in [3.05, 3.63) is 51.9 Å². The summed E-state index contributed by atoms with van der Waals surface area (Å²) in [7, 11) is 0.